The average molecular weight is 471 g/mol. The maximum Gasteiger partial charge on any atom is 0.280 e. The van der Waals surface area contributed by atoms with E-state index in [0.717, 1.165) is 17.7 Å². The summed E-state index contributed by atoms with van der Waals surface area (Å²) in [5, 5.41) is 0.573. The number of hydrogen-bond acceptors (Lipinski definition) is 3. The van der Waals surface area contributed by atoms with E-state index in [1.807, 2.05) is 12.1 Å². The Labute approximate surface area is 186 Å². The minimum Gasteiger partial charge on any atom is -0.488 e. The SMILES string of the molecule is C.O=S1(=O)NCC[C@@H]2CC[C@@]3(Cc4ccc(Cl)cc4)c4c(F)ccc(F)c4OC[C@H]3N21. The Balaban J connectivity index is 0.00000231. The zero-order valence-electron chi connectivity index (χ0n) is 16.1. The van der Waals surface area contributed by atoms with Crippen molar-refractivity contribution in [2.45, 2.75) is 50.6 Å². The van der Waals surface area contributed by atoms with Gasteiger partial charge in [0.1, 0.15) is 12.4 Å². The standard InChI is InChI=1S/C21H21ClF2N2O3S.CH4/c22-14-3-1-13(2-4-14)11-21-9-7-15-8-10-25-30(27,28)26(15)18(21)12-29-20-17(24)6-5-16(23)19(20)21;/h1-6,15,18,25H,7-12H2;1H4/t15-,18+,21-;/m0./s1. The molecule has 3 aliphatic heterocycles. The van der Waals surface area contributed by atoms with Crippen LogP contribution in [0.3, 0.4) is 0 Å². The summed E-state index contributed by atoms with van der Waals surface area (Å²) in [6.45, 7) is 0.346. The van der Waals surface area contributed by atoms with Crippen molar-refractivity contribution in [3.63, 3.8) is 0 Å². The molecule has 2 aromatic carbocycles. The van der Waals surface area contributed by atoms with Crippen molar-refractivity contribution in [3.05, 3.63) is 64.2 Å². The average Bonchev–Trinajstić information content (AvgIpc) is 2.71. The number of benzene rings is 2. The maximum absolute atomic E-state index is 15.2. The summed E-state index contributed by atoms with van der Waals surface area (Å²) in [4.78, 5) is 0. The van der Waals surface area contributed by atoms with Crippen LogP contribution in [0.15, 0.2) is 36.4 Å². The van der Waals surface area contributed by atoms with Crippen molar-refractivity contribution < 1.29 is 21.9 Å². The second-order valence-corrected chi connectivity index (χ2v) is 10.3. The Kier molecular flexibility index (Phi) is 5.79. The van der Waals surface area contributed by atoms with Crippen LogP contribution in [0.5, 0.6) is 5.75 Å². The molecule has 2 saturated heterocycles. The summed E-state index contributed by atoms with van der Waals surface area (Å²) in [5.74, 6) is -1.33. The summed E-state index contributed by atoms with van der Waals surface area (Å²) in [6.07, 6.45) is 2.13. The largest absolute Gasteiger partial charge is 0.488 e. The van der Waals surface area contributed by atoms with E-state index in [1.54, 1.807) is 12.1 Å². The molecule has 0 saturated carbocycles. The van der Waals surface area contributed by atoms with Crippen LogP contribution in [0.25, 0.3) is 0 Å². The van der Waals surface area contributed by atoms with E-state index in [0.29, 0.717) is 37.3 Å². The fraction of sp³-hybridized carbons (Fsp3) is 0.455. The van der Waals surface area contributed by atoms with E-state index in [1.165, 1.54) is 4.31 Å². The number of piperidine rings is 1. The van der Waals surface area contributed by atoms with Crippen molar-refractivity contribution in [2.75, 3.05) is 13.2 Å². The Morgan fingerprint density at radius 3 is 2.58 bits per heavy atom. The third-order valence-electron chi connectivity index (χ3n) is 6.64. The van der Waals surface area contributed by atoms with E-state index in [4.69, 9.17) is 16.3 Å². The molecular formula is C22H25ClF2N2O3S. The first kappa shape index (κ1) is 22.5. The number of ether oxygens (including phenoxy) is 1. The predicted octanol–water partition coefficient (Wildman–Crippen LogP) is 4.20. The van der Waals surface area contributed by atoms with Gasteiger partial charge in [0.15, 0.2) is 11.6 Å². The van der Waals surface area contributed by atoms with Gasteiger partial charge in [-0.1, -0.05) is 31.2 Å². The summed E-state index contributed by atoms with van der Waals surface area (Å²) >= 11 is 6.02. The van der Waals surface area contributed by atoms with Gasteiger partial charge in [-0.3, -0.25) is 0 Å². The first-order valence-electron chi connectivity index (χ1n) is 9.96. The highest BCUT2D eigenvalue weighted by Gasteiger charge is 2.58. The van der Waals surface area contributed by atoms with Crippen LogP contribution in [-0.4, -0.2) is 38.0 Å². The van der Waals surface area contributed by atoms with Gasteiger partial charge in [0, 0.05) is 28.6 Å². The lowest BCUT2D eigenvalue weighted by atomic mass is 9.63. The molecule has 2 aromatic rings. The van der Waals surface area contributed by atoms with Crippen LogP contribution in [0.2, 0.25) is 5.02 Å². The van der Waals surface area contributed by atoms with Crippen molar-refractivity contribution >= 4 is 21.8 Å². The van der Waals surface area contributed by atoms with Gasteiger partial charge in [-0.25, -0.2) is 13.5 Å². The van der Waals surface area contributed by atoms with Gasteiger partial charge in [0.2, 0.25) is 0 Å². The lowest BCUT2D eigenvalue weighted by molar-refractivity contribution is 0.0213. The summed E-state index contributed by atoms with van der Waals surface area (Å²) in [7, 11) is -3.75. The van der Waals surface area contributed by atoms with Crippen molar-refractivity contribution in [1.82, 2.24) is 9.03 Å². The molecule has 2 fully saturated rings. The molecule has 3 atom stereocenters. The molecule has 0 radical (unpaired) electrons. The molecule has 1 N–H and O–H groups in total. The molecule has 9 heteroatoms. The Morgan fingerprint density at radius 2 is 1.84 bits per heavy atom. The summed E-state index contributed by atoms with van der Waals surface area (Å²) in [5.41, 5.74) is 0.0607. The third kappa shape index (κ3) is 3.53. The van der Waals surface area contributed by atoms with Gasteiger partial charge >= 0.3 is 0 Å². The first-order chi connectivity index (χ1) is 14.3. The molecule has 0 aliphatic carbocycles. The summed E-state index contributed by atoms with van der Waals surface area (Å²) < 4.78 is 65.4. The molecule has 5 nitrogen and oxygen atoms in total. The van der Waals surface area contributed by atoms with Crippen molar-refractivity contribution in [3.8, 4) is 5.75 Å². The Morgan fingerprint density at radius 1 is 1.13 bits per heavy atom. The van der Waals surface area contributed by atoms with E-state index in [2.05, 4.69) is 4.72 Å². The molecule has 0 bridgehead atoms. The number of halogens is 3. The molecule has 168 valence electrons. The normalized spacial score (nSPS) is 29.0. The van der Waals surface area contributed by atoms with Crippen molar-refractivity contribution in [1.29, 1.82) is 0 Å². The lowest BCUT2D eigenvalue weighted by Crippen LogP contribution is -2.68. The van der Waals surface area contributed by atoms with Crippen LogP contribution in [0, 0.1) is 11.6 Å². The molecule has 3 aliphatic rings. The Bertz CT molecular complexity index is 1100. The van der Waals surface area contributed by atoms with Gasteiger partial charge in [-0.15, -0.1) is 0 Å². The van der Waals surface area contributed by atoms with Gasteiger partial charge in [-0.2, -0.15) is 12.7 Å². The quantitative estimate of drug-likeness (QED) is 0.715. The van der Waals surface area contributed by atoms with Gasteiger partial charge < -0.3 is 4.74 Å². The van der Waals surface area contributed by atoms with E-state index >= 15 is 4.39 Å². The molecule has 0 amide bonds. The topological polar surface area (TPSA) is 58.6 Å². The minimum atomic E-state index is -3.75. The van der Waals surface area contributed by atoms with Crippen LogP contribution < -0.4 is 9.46 Å². The van der Waals surface area contributed by atoms with Crippen LogP contribution in [0.1, 0.15) is 37.8 Å². The van der Waals surface area contributed by atoms with Crippen LogP contribution in [-0.2, 0) is 22.0 Å². The fourth-order valence-electron chi connectivity index (χ4n) is 5.37. The third-order valence-corrected chi connectivity index (χ3v) is 8.57. The van der Waals surface area contributed by atoms with Gasteiger partial charge in [0.25, 0.3) is 10.2 Å². The number of fused-ring (bicyclic) bond motifs is 5. The van der Waals surface area contributed by atoms with Gasteiger partial charge in [-0.05, 0) is 55.5 Å². The predicted molar refractivity (Wildman–Crippen MR) is 116 cm³/mol. The zero-order chi connectivity index (χ0) is 21.1. The Hall–Kier alpha value is -1.74. The van der Waals surface area contributed by atoms with Crippen molar-refractivity contribution in [2.24, 2.45) is 0 Å². The summed E-state index contributed by atoms with van der Waals surface area (Å²) in [6, 6.07) is 8.50. The van der Waals surface area contributed by atoms with E-state index < -0.39 is 33.3 Å². The highest BCUT2D eigenvalue weighted by Crippen LogP contribution is 2.52. The molecule has 0 aromatic heterocycles. The molecule has 5 rings (SSSR count). The second kappa shape index (κ2) is 7.99. The smallest absolute Gasteiger partial charge is 0.280 e. The highest BCUT2D eigenvalue weighted by molar-refractivity contribution is 7.87. The van der Waals surface area contributed by atoms with E-state index in [-0.39, 0.29) is 31.4 Å². The monoisotopic (exact) mass is 470 g/mol. The van der Waals surface area contributed by atoms with E-state index in [9.17, 15) is 12.8 Å². The number of hydrogen-bond donors (Lipinski definition) is 1. The first-order valence-corrected chi connectivity index (χ1v) is 11.8. The minimum absolute atomic E-state index is 0. The fourth-order valence-corrected chi connectivity index (χ4v) is 7.22. The zero-order valence-corrected chi connectivity index (χ0v) is 17.6. The highest BCUT2D eigenvalue weighted by atomic mass is 35.5. The lowest BCUT2D eigenvalue weighted by Gasteiger charge is -2.56. The molecule has 0 unspecified atom stereocenters. The molecule has 0 spiro atoms. The molecule has 3 heterocycles. The second-order valence-electron chi connectivity index (χ2n) is 8.23. The maximum atomic E-state index is 15.2. The molecule has 31 heavy (non-hydrogen) atoms. The number of nitrogens with one attached hydrogen (secondary N) is 1. The number of rotatable bonds is 2. The number of nitrogens with zero attached hydrogens (tertiary/aromatic N) is 1. The van der Waals surface area contributed by atoms with Gasteiger partial charge in [0.05, 0.1) is 6.04 Å². The van der Waals surface area contributed by atoms with Crippen LogP contribution in [0.4, 0.5) is 8.78 Å². The molecular weight excluding hydrogens is 446 g/mol. The van der Waals surface area contributed by atoms with Crippen LogP contribution >= 0.6 is 11.6 Å².